The second kappa shape index (κ2) is 8.42. The molecule has 0 amide bonds. The van der Waals surface area contributed by atoms with E-state index in [1.54, 1.807) is 6.07 Å². The van der Waals surface area contributed by atoms with Crippen molar-refractivity contribution in [2.45, 2.75) is 12.8 Å². The maximum atomic E-state index is 12.1. The summed E-state index contributed by atoms with van der Waals surface area (Å²) in [5, 5.41) is 2.73. The van der Waals surface area contributed by atoms with Crippen molar-refractivity contribution >= 4 is 35.6 Å². The molecule has 0 aliphatic carbocycles. The lowest BCUT2D eigenvalue weighted by molar-refractivity contribution is -0.274. The number of guanidine groups is 1. The van der Waals surface area contributed by atoms with Crippen molar-refractivity contribution in [3.8, 4) is 5.75 Å². The molecule has 1 aromatic rings. The van der Waals surface area contributed by atoms with E-state index in [1.807, 2.05) is 0 Å². The van der Waals surface area contributed by atoms with Crippen LogP contribution >= 0.6 is 24.0 Å². The lowest BCUT2D eigenvalue weighted by atomic mass is 10.1. The average Bonchev–Trinajstić information content (AvgIpc) is 2.87. The number of nitrogens with zero attached hydrogens (tertiary/aromatic N) is 1. The van der Waals surface area contributed by atoms with Crippen molar-refractivity contribution in [3.05, 3.63) is 24.3 Å². The number of alkyl halides is 3. The number of anilines is 1. The Hall–Kier alpha value is -1.23. The molecule has 0 saturated carbocycles. The molecule has 0 spiro atoms. The average molecular weight is 431 g/mol. The van der Waals surface area contributed by atoms with Crippen LogP contribution in [-0.4, -0.2) is 32.1 Å². The van der Waals surface area contributed by atoms with Crippen LogP contribution in [0.3, 0.4) is 0 Å². The first kappa shape index (κ1) is 18.8. The largest absolute Gasteiger partial charge is 0.573 e. The number of aliphatic imine (C=N–C) groups is 1. The van der Waals surface area contributed by atoms with Gasteiger partial charge >= 0.3 is 6.36 Å². The molecule has 1 heterocycles. The van der Waals surface area contributed by atoms with Crippen LogP contribution < -0.4 is 15.8 Å². The molecule has 1 aromatic carbocycles. The molecular formula is C13H17F3IN3O2. The van der Waals surface area contributed by atoms with Gasteiger partial charge in [-0.05, 0) is 18.6 Å². The SMILES string of the molecule is I.NC(=NCC1CCOC1)Nc1cccc(OC(F)(F)F)c1. The second-order valence-corrected chi connectivity index (χ2v) is 4.66. The van der Waals surface area contributed by atoms with Gasteiger partial charge in [0.25, 0.3) is 0 Å². The van der Waals surface area contributed by atoms with E-state index < -0.39 is 6.36 Å². The van der Waals surface area contributed by atoms with Crippen molar-refractivity contribution in [2.24, 2.45) is 16.6 Å². The highest BCUT2D eigenvalue weighted by atomic mass is 127. The first-order chi connectivity index (χ1) is 9.92. The molecule has 9 heteroatoms. The summed E-state index contributed by atoms with van der Waals surface area (Å²) in [5.41, 5.74) is 6.07. The second-order valence-electron chi connectivity index (χ2n) is 4.66. The van der Waals surface area contributed by atoms with E-state index in [-0.39, 0.29) is 35.7 Å². The number of ether oxygens (including phenoxy) is 2. The number of benzene rings is 1. The first-order valence-corrected chi connectivity index (χ1v) is 6.43. The molecule has 0 bridgehead atoms. The molecule has 1 atom stereocenters. The van der Waals surface area contributed by atoms with Crippen molar-refractivity contribution in [3.63, 3.8) is 0 Å². The zero-order valence-electron chi connectivity index (χ0n) is 11.6. The molecule has 5 nitrogen and oxygen atoms in total. The number of hydrogen-bond acceptors (Lipinski definition) is 3. The van der Waals surface area contributed by atoms with Gasteiger partial charge in [0.2, 0.25) is 0 Å². The molecule has 1 fully saturated rings. The van der Waals surface area contributed by atoms with E-state index in [0.717, 1.165) is 13.0 Å². The highest BCUT2D eigenvalue weighted by Crippen LogP contribution is 2.24. The summed E-state index contributed by atoms with van der Waals surface area (Å²) >= 11 is 0. The summed E-state index contributed by atoms with van der Waals surface area (Å²) in [6.07, 6.45) is -3.79. The molecular weight excluding hydrogens is 414 g/mol. The van der Waals surface area contributed by atoms with Crippen LogP contribution in [0.25, 0.3) is 0 Å². The van der Waals surface area contributed by atoms with Gasteiger partial charge in [-0.25, -0.2) is 0 Å². The van der Waals surface area contributed by atoms with E-state index >= 15 is 0 Å². The van der Waals surface area contributed by atoms with Crippen LogP contribution in [0.5, 0.6) is 5.75 Å². The molecule has 22 heavy (non-hydrogen) atoms. The molecule has 1 unspecified atom stereocenters. The topological polar surface area (TPSA) is 68.9 Å². The molecule has 0 radical (unpaired) electrons. The standard InChI is InChI=1S/C13H16F3N3O2.HI/c14-13(15,16)21-11-3-1-2-10(6-11)19-12(17)18-7-9-4-5-20-8-9;/h1-3,6,9H,4-5,7-8H2,(H3,17,18,19);1H. The highest BCUT2D eigenvalue weighted by Gasteiger charge is 2.31. The third kappa shape index (κ3) is 6.69. The van der Waals surface area contributed by atoms with Crippen LogP contribution in [0.15, 0.2) is 29.3 Å². The van der Waals surface area contributed by atoms with Crippen molar-refractivity contribution in [1.29, 1.82) is 0 Å². The van der Waals surface area contributed by atoms with E-state index in [4.69, 9.17) is 10.5 Å². The van der Waals surface area contributed by atoms with E-state index in [0.29, 0.717) is 24.8 Å². The van der Waals surface area contributed by atoms with Crippen LogP contribution in [0.1, 0.15) is 6.42 Å². The number of nitrogens with two attached hydrogens (primary N) is 1. The smallest absolute Gasteiger partial charge is 0.406 e. The Morgan fingerprint density at radius 3 is 2.86 bits per heavy atom. The lowest BCUT2D eigenvalue weighted by Crippen LogP contribution is -2.24. The van der Waals surface area contributed by atoms with Crippen LogP contribution in [0.2, 0.25) is 0 Å². The van der Waals surface area contributed by atoms with Gasteiger partial charge < -0.3 is 20.5 Å². The van der Waals surface area contributed by atoms with Gasteiger partial charge in [0.05, 0.1) is 6.61 Å². The van der Waals surface area contributed by atoms with Gasteiger partial charge in [-0.1, -0.05) is 6.07 Å². The Kier molecular flexibility index (Phi) is 7.20. The Morgan fingerprint density at radius 1 is 1.45 bits per heavy atom. The minimum absolute atomic E-state index is 0. The van der Waals surface area contributed by atoms with E-state index in [2.05, 4.69) is 15.0 Å². The van der Waals surface area contributed by atoms with Crippen molar-refractivity contribution in [2.75, 3.05) is 25.1 Å². The van der Waals surface area contributed by atoms with Crippen LogP contribution in [-0.2, 0) is 4.74 Å². The third-order valence-corrected chi connectivity index (χ3v) is 2.88. The van der Waals surface area contributed by atoms with Crippen LogP contribution in [0.4, 0.5) is 18.9 Å². The Bertz CT molecular complexity index is 506. The summed E-state index contributed by atoms with van der Waals surface area (Å²) in [4.78, 5) is 4.15. The normalized spacial score (nSPS) is 18.7. The number of hydrogen-bond donors (Lipinski definition) is 2. The van der Waals surface area contributed by atoms with Gasteiger partial charge in [0.1, 0.15) is 5.75 Å². The van der Waals surface area contributed by atoms with E-state index in [9.17, 15) is 13.2 Å². The Balaban J connectivity index is 0.00000242. The fourth-order valence-electron chi connectivity index (χ4n) is 1.91. The quantitative estimate of drug-likeness (QED) is 0.437. The van der Waals surface area contributed by atoms with Gasteiger partial charge in [-0.3, -0.25) is 4.99 Å². The first-order valence-electron chi connectivity index (χ1n) is 6.43. The Labute approximate surface area is 143 Å². The highest BCUT2D eigenvalue weighted by molar-refractivity contribution is 14.0. The molecule has 1 aliphatic rings. The fraction of sp³-hybridized carbons (Fsp3) is 0.462. The van der Waals surface area contributed by atoms with Gasteiger partial charge in [-0.15, -0.1) is 37.1 Å². The summed E-state index contributed by atoms with van der Waals surface area (Å²) in [5.74, 6) is 0.167. The summed E-state index contributed by atoms with van der Waals surface area (Å²) in [7, 11) is 0. The van der Waals surface area contributed by atoms with Gasteiger partial charge in [0.15, 0.2) is 5.96 Å². The van der Waals surface area contributed by atoms with Crippen molar-refractivity contribution in [1.82, 2.24) is 0 Å². The maximum absolute atomic E-state index is 12.1. The molecule has 124 valence electrons. The maximum Gasteiger partial charge on any atom is 0.573 e. The lowest BCUT2D eigenvalue weighted by Gasteiger charge is -2.11. The molecule has 0 aromatic heterocycles. The summed E-state index contributed by atoms with van der Waals surface area (Å²) in [6.45, 7) is 1.91. The summed E-state index contributed by atoms with van der Waals surface area (Å²) in [6, 6.07) is 5.42. The third-order valence-electron chi connectivity index (χ3n) is 2.88. The minimum atomic E-state index is -4.72. The molecule has 1 saturated heterocycles. The predicted molar refractivity (Wildman–Crippen MR) is 87.6 cm³/mol. The zero-order chi connectivity index (χ0) is 15.3. The monoisotopic (exact) mass is 431 g/mol. The van der Waals surface area contributed by atoms with E-state index in [1.165, 1.54) is 18.2 Å². The van der Waals surface area contributed by atoms with Gasteiger partial charge in [-0.2, -0.15) is 0 Å². The van der Waals surface area contributed by atoms with Crippen LogP contribution in [0, 0.1) is 5.92 Å². The zero-order valence-corrected chi connectivity index (χ0v) is 13.9. The molecule has 1 aliphatic heterocycles. The number of halogens is 4. The van der Waals surface area contributed by atoms with Crippen molar-refractivity contribution < 1.29 is 22.6 Å². The predicted octanol–water partition coefficient (Wildman–Crippen LogP) is 2.97. The minimum Gasteiger partial charge on any atom is -0.406 e. The van der Waals surface area contributed by atoms with Gasteiger partial charge in [0, 0.05) is 30.8 Å². The summed E-state index contributed by atoms with van der Waals surface area (Å²) < 4.78 is 45.4. The number of nitrogens with one attached hydrogen (secondary N) is 1. The fourth-order valence-corrected chi connectivity index (χ4v) is 1.91. The molecule has 2 rings (SSSR count). The number of rotatable bonds is 4. The Morgan fingerprint density at radius 2 is 2.23 bits per heavy atom. The molecule has 3 N–H and O–H groups in total.